The summed E-state index contributed by atoms with van der Waals surface area (Å²) < 4.78 is 78.1. The van der Waals surface area contributed by atoms with Gasteiger partial charge in [-0.1, -0.05) is 42.5 Å². The summed E-state index contributed by atoms with van der Waals surface area (Å²) in [5.41, 5.74) is 2.93. The lowest BCUT2D eigenvalue weighted by atomic mass is 10.1. The SMILES string of the molecule is O=C(NN=Cc1ccccc1C(F)(F)F)c1cccc(NN=Cc2ccccc2C(F)(F)F)c1. The molecule has 0 aliphatic heterocycles. The molecule has 0 aliphatic carbocycles. The number of benzene rings is 3. The molecular formula is C23H16F6N4O. The summed E-state index contributed by atoms with van der Waals surface area (Å²) in [5, 5.41) is 7.35. The normalized spacial score (nSPS) is 12.3. The summed E-state index contributed by atoms with van der Waals surface area (Å²) in [5.74, 6) is -0.712. The highest BCUT2D eigenvalue weighted by molar-refractivity contribution is 5.96. The maximum absolute atomic E-state index is 13.0. The largest absolute Gasteiger partial charge is 0.417 e. The Hall–Kier alpha value is -4.15. The number of hydrogen-bond acceptors (Lipinski definition) is 4. The lowest BCUT2D eigenvalue weighted by molar-refractivity contribution is -0.138. The topological polar surface area (TPSA) is 65.8 Å². The quantitative estimate of drug-likeness (QED) is 0.262. The van der Waals surface area contributed by atoms with Crippen molar-refractivity contribution in [2.45, 2.75) is 12.4 Å². The third-order valence-electron chi connectivity index (χ3n) is 4.42. The number of carbonyl (C=O) groups is 1. The number of amides is 1. The van der Waals surface area contributed by atoms with E-state index in [0.717, 1.165) is 24.6 Å². The Kier molecular flexibility index (Phi) is 7.34. The Morgan fingerprint density at radius 1 is 0.706 bits per heavy atom. The van der Waals surface area contributed by atoms with E-state index in [1.807, 2.05) is 0 Å². The van der Waals surface area contributed by atoms with Crippen LogP contribution in [0, 0.1) is 0 Å². The number of carbonyl (C=O) groups excluding carboxylic acids is 1. The third kappa shape index (κ3) is 6.44. The lowest BCUT2D eigenvalue weighted by Gasteiger charge is -2.09. The minimum Gasteiger partial charge on any atom is -0.278 e. The van der Waals surface area contributed by atoms with E-state index in [0.29, 0.717) is 5.69 Å². The van der Waals surface area contributed by atoms with Crippen LogP contribution < -0.4 is 10.9 Å². The molecule has 0 atom stereocenters. The van der Waals surface area contributed by atoms with E-state index in [1.165, 1.54) is 60.7 Å². The van der Waals surface area contributed by atoms with Crippen LogP contribution in [0.1, 0.15) is 32.6 Å². The Morgan fingerprint density at radius 3 is 1.79 bits per heavy atom. The van der Waals surface area contributed by atoms with E-state index in [4.69, 9.17) is 0 Å². The zero-order valence-corrected chi connectivity index (χ0v) is 17.2. The van der Waals surface area contributed by atoms with Gasteiger partial charge in [-0.05, 0) is 30.3 Å². The van der Waals surface area contributed by atoms with E-state index in [9.17, 15) is 31.1 Å². The van der Waals surface area contributed by atoms with Crippen molar-refractivity contribution in [1.82, 2.24) is 5.43 Å². The number of nitrogens with one attached hydrogen (secondary N) is 2. The van der Waals surface area contributed by atoms with Crippen molar-refractivity contribution < 1.29 is 31.1 Å². The smallest absolute Gasteiger partial charge is 0.278 e. The average Bonchev–Trinajstić information content (AvgIpc) is 2.78. The van der Waals surface area contributed by atoms with Gasteiger partial charge in [-0.2, -0.15) is 36.5 Å². The summed E-state index contributed by atoms with van der Waals surface area (Å²) in [6, 6.07) is 15.4. The maximum atomic E-state index is 13.0. The fourth-order valence-corrected chi connectivity index (χ4v) is 2.87. The van der Waals surface area contributed by atoms with Crippen LogP contribution in [0.25, 0.3) is 0 Å². The fourth-order valence-electron chi connectivity index (χ4n) is 2.87. The van der Waals surface area contributed by atoms with E-state index in [-0.39, 0.29) is 16.7 Å². The first-order valence-corrected chi connectivity index (χ1v) is 9.61. The van der Waals surface area contributed by atoms with Gasteiger partial charge in [0.25, 0.3) is 5.91 Å². The van der Waals surface area contributed by atoms with Crippen LogP contribution in [-0.4, -0.2) is 18.3 Å². The molecule has 3 aromatic rings. The van der Waals surface area contributed by atoms with Crippen molar-refractivity contribution in [2.24, 2.45) is 10.2 Å². The van der Waals surface area contributed by atoms with Crippen molar-refractivity contribution in [1.29, 1.82) is 0 Å². The minimum atomic E-state index is -4.58. The second-order valence-electron chi connectivity index (χ2n) is 6.82. The van der Waals surface area contributed by atoms with Crippen LogP contribution in [0.15, 0.2) is 83.0 Å². The predicted molar refractivity (Wildman–Crippen MR) is 116 cm³/mol. The first-order valence-electron chi connectivity index (χ1n) is 9.61. The van der Waals surface area contributed by atoms with E-state index >= 15 is 0 Å². The Balaban J connectivity index is 1.67. The molecule has 3 aromatic carbocycles. The highest BCUT2D eigenvalue weighted by Crippen LogP contribution is 2.32. The molecule has 0 saturated carbocycles. The highest BCUT2D eigenvalue weighted by atomic mass is 19.4. The van der Waals surface area contributed by atoms with Crippen LogP contribution >= 0.6 is 0 Å². The van der Waals surface area contributed by atoms with Gasteiger partial charge in [0.05, 0.1) is 29.2 Å². The highest BCUT2D eigenvalue weighted by Gasteiger charge is 2.33. The summed E-state index contributed by atoms with van der Waals surface area (Å²) in [4.78, 5) is 12.3. The van der Waals surface area contributed by atoms with Gasteiger partial charge in [-0.25, -0.2) is 5.43 Å². The molecule has 0 aliphatic rings. The molecule has 0 heterocycles. The summed E-state index contributed by atoms with van der Waals surface area (Å²) in [6.45, 7) is 0. The molecule has 2 N–H and O–H groups in total. The number of alkyl halides is 6. The first kappa shape index (κ1) is 24.5. The van der Waals surface area contributed by atoms with Crippen LogP contribution in [0.4, 0.5) is 32.0 Å². The molecule has 0 spiro atoms. The minimum absolute atomic E-state index is 0.0946. The number of rotatable bonds is 6. The number of hydrazone groups is 2. The van der Waals surface area contributed by atoms with Crippen LogP contribution in [-0.2, 0) is 12.4 Å². The fraction of sp³-hybridized carbons (Fsp3) is 0.0870. The Morgan fingerprint density at radius 2 is 1.24 bits per heavy atom. The molecule has 1 amide bonds. The first-order chi connectivity index (χ1) is 16.1. The molecular weight excluding hydrogens is 462 g/mol. The average molecular weight is 478 g/mol. The number of anilines is 1. The van der Waals surface area contributed by atoms with Gasteiger partial charge in [0.2, 0.25) is 0 Å². The molecule has 0 saturated heterocycles. The zero-order valence-electron chi connectivity index (χ0n) is 17.2. The molecule has 176 valence electrons. The molecule has 34 heavy (non-hydrogen) atoms. The van der Waals surface area contributed by atoms with Crippen molar-refractivity contribution in [3.05, 3.63) is 101 Å². The third-order valence-corrected chi connectivity index (χ3v) is 4.42. The van der Waals surface area contributed by atoms with Gasteiger partial charge in [0.15, 0.2) is 0 Å². The predicted octanol–water partition coefficient (Wildman–Crippen LogP) is 5.93. The van der Waals surface area contributed by atoms with Gasteiger partial charge in [-0.15, -0.1) is 0 Å². The molecule has 0 radical (unpaired) electrons. The molecule has 0 aromatic heterocycles. The van der Waals surface area contributed by atoms with Crippen LogP contribution in [0.3, 0.4) is 0 Å². The number of halogens is 6. The second-order valence-corrected chi connectivity index (χ2v) is 6.82. The summed E-state index contributed by atoms with van der Waals surface area (Å²) in [7, 11) is 0. The zero-order chi connectivity index (χ0) is 24.8. The van der Waals surface area contributed by atoms with E-state index in [1.54, 1.807) is 0 Å². The maximum Gasteiger partial charge on any atom is 0.417 e. The van der Waals surface area contributed by atoms with Gasteiger partial charge < -0.3 is 0 Å². The van der Waals surface area contributed by atoms with E-state index in [2.05, 4.69) is 21.1 Å². The van der Waals surface area contributed by atoms with Gasteiger partial charge in [-0.3, -0.25) is 10.2 Å². The van der Waals surface area contributed by atoms with E-state index < -0.39 is 29.4 Å². The summed E-state index contributed by atoms with van der Waals surface area (Å²) >= 11 is 0. The molecule has 5 nitrogen and oxygen atoms in total. The van der Waals surface area contributed by atoms with Crippen LogP contribution in [0.2, 0.25) is 0 Å². The number of nitrogens with zero attached hydrogens (tertiary/aromatic N) is 2. The van der Waals surface area contributed by atoms with Crippen LogP contribution in [0.5, 0.6) is 0 Å². The molecule has 3 rings (SSSR count). The second kappa shape index (κ2) is 10.2. The monoisotopic (exact) mass is 478 g/mol. The van der Waals surface area contributed by atoms with Crippen molar-refractivity contribution in [3.63, 3.8) is 0 Å². The molecule has 11 heteroatoms. The molecule has 0 bridgehead atoms. The van der Waals surface area contributed by atoms with Crippen molar-refractivity contribution in [2.75, 3.05) is 5.43 Å². The summed E-state index contributed by atoms with van der Waals surface area (Å²) in [6.07, 6.45) is -7.24. The van der Waals surface area contributed by atoms with Gasteiger partial charge in [0, 0.05) is 16.7 Å². The molecule has 0 fully saturated rings. The number of hydrogen-bond donors (Lipinski definition) is 2. The van der Waals surface area contributed by atoms with Crippen molar-refractivity contribution >= 4 is 24.0 Å². The van der Waals surface area contributed by atoms with Gasteiger partial charge >= 0.3 is 12.4 Å². The molecule has 0 unspecified atom stereocenters. The Labute approximate surface area is 189 Å². The van der Waals surface area contributed by atoms with Gasteiger partial charge in [0.1, 0.15) is 0 Å². The lowest BCUT2D eigenvalue weighted by Crippen LogP contribution is -2.18. The standard InChI is InChI=1S/C23H16F6N4O/c24-22(25,26)19-10-3-1-6-16(19)13-30-32-18-9-5-8-15(12-18)21(34)33-31-14-17-7-2-4-11-20(17)23(27,28)29/h1-14,32H,(H,33,34). The Bertz CT molecular complexity index is 1220. The van der Waals surface area contributed by atoms with Crippen molar-refractivity contribution in [3.8, 4) is 0 Å².